The van der Waals surface area contributed by atoms with Gasteiger partial charge in [-0.2, -0.15) is 0 Å². The highest BCUT2D eigenvalue weighted by molar-refractivity contribution is 14.0. The van der Waals surface area contributed by atoms with Gasteiger partial charge in [0, 0.05) is 12.1 Å². The third-order valence-corrected chi connectivity index (χ3v) is 4.01. The summed E-state index contributed by atoms with van der Waals surface area (Å²) in [5, 5.41) is 17.1. The molecule has 1 aromatic heterocycles. The van der Waals surface area contributed by atoms with E-state index in [1.165, 1.54) is 0 Å². The van der Waals surface area contributed by atoms with Gasteiger partial charge in [0.25, 0.3) is 0 Å². The van der Waals surface area contributed by atoms with E-state index in [4.69, 9.17) is 9.15 Å². The van der Waals surface area contributed by atoms with Gasteiger partial charge in [-0.25, -0.2) is 4.99 Å². The first-order valence-electron chi connectivity index (χ1n) is 9.69. The maximum Gasteiger partial charge on any atom is 0.191 e. The molecule has 2 rings (SSSR count). The predicted octanol–water partition coefficient (Wildman–Crippen LogP) is 4.35. The van der Waals surface area contributed by atoms with Gasteiger partial charge in [0.05, 0.1) is 13.1 Å². The van der Waals surface area contributed by atoms with Crippen molar-refractivity contribution < 1.29 is 14.3 Å². The smallest absolute Gasteiger partial charge is 0.191 e. The maximum atomic E-state index is 10.7. The second-order valence-electron chi connectivity index (χ2n) is 8.06. The first-order chi connectivity index (χ1) is 13.1. The molecule has 1 aromatic carbocycles. The van der Waals surface area contributed by atoms with Crippen LogP contribution in [0.4, 0.5) is 0 Å². The summed E-state index contributed by atoms with van der Waals surface area (Å²) in [5.41, 5.74) is -0.414. The van der Waals surface area contributed by atoms with E-state index in [0.717, 1.165) is 17.1 Å². The third kappa shape index (κ3) is 8.26. The monoisotopic (exact) mass is 515 g/mol. The fraction of sp³-hybridized carbons (Fsp3) is 0.500. The summed E-state index contributed by atoms with van der Waals surface area (Å²) in [4.78, 5) is 4.65. The summed E-state index contributed by atoms with van der Waals surface area (Å²) < 4.78 is 11.6. The van der Waals surface area contributed by atoms with E-state index in [1.807, 2.05) is 65.0 Å². The molecule has 0 aliphatic heterocycles. The number of para-hydroxylation sites is 1. The lowest BCUT2D eigenvalue weighted by Gasteiger charge is -2.24. The van der Waals surface area contributed by atoms with Crippen LogP contribution < -0.4 is 15.4 Å². The van der Waals surface area contributed by atoms with Gasteiger partial charge in [-0.15, -0.1) is 24.0 Å². The van der Waals surface area contributed by atoms with Crippen LogP contribution in [0, 0.1) is 6.92 Å². The van der Waals surface area contributed by atoms with Gasteiger partial charge in [-0.3, -0.25) is 0 Å². The Hall–Kier alpha value is -1.74. The van der Waals surface area contributed by atoms with Crippen molar-refractivity contribution >= 4 is 29.9 Å². The van der Waals surface area contributed by atoms with Crippen LogP contribution in [0.25, 0.3) is 0 Å². The Balaban J connectivity index is 0.00000420. The normalized spacial score (nSPS) is 14.0. The van der Waals surface area contributed by atoms with Crippen LogP contribution >= 0.6 is 24.0 Å². The number of aliphatic hydroxyl groups is 1. The number of furan rings is 1. The van der Waals surface area contributed by atoms with Crippen LogP contribution in [-0.2, 0) is 12.1 Å². The largest absolute Gasteiger partial charge is 0.488 e. The van der Waals surface area contributed by atoms with Crippen molar-refractivity contribution in [3.05, 3.63) is 53.5 Å². The molecular formula is C22H34IN3O3. The topological polar surface area (TPSA) is 79.0 Å². The molecule has 2 aromatic rings. The summed E-state index contributed by atoms with van der Waals surface area (Å²) in [6.45, 7) is 13.1. The molecule has 1 heterocycles. The molecule has 0 aliphatic carbocycles. The van der Waals surface area contributed by atoms with Crippen LogP contribution in [-0.4, -0.2) is 29.8 Å². The van der Waals surface area contributed by atoms with Gasteiger partial charge in [0.1, 0.15) is 28.5 Å². The van der Waals surface area contributed by atoms with E-state index in [2.05, 4.69) is 15.6 Å². The predicted molar refractivity (Wildman–Crippen MR) is 128 cm³/mol. The van der Waals surface area contributed by atoms with E-state index in [0.29, 0.717) is 24.8 Å². The molecule has 0 bridgehead atoms. The summed E-state index contributed by atoms with van der Waals surface area (Å²) in [5.74, 6) is 2.74. The van der Waals surface area contributed by atoms with Crippen LogP contribution in [0.2, 0.25) is 0 Å². The van der Waals surface area contributed by atoms with Crippen molar-refractivity contribution in [2.75, 3.05) is 13.1 Å². The van der Waals surface area contributed by atoms with Gasteiger partial charge in [0.15, 0.2) is 5.96 Å². The number of nitrogens with zero attached hydrogens (tertiary/aromatic N) is 1. The zero-order valence-corrected chi connectivity index (χ0v) is 20.5. The molecule has 1 atom stereocenters. The van der Waals surface area contributed by atoms with E-state index in [1.54, 1.807) is 13.0 Å². The molecule has 6 nitrogen and oxygen atoms in total. The zero-order chi connectivity index (χ0) is 20.8. The van der Waals surface area contributed by atoms with Crippen molar-refractivity contribution in [2.45, 2.75) is 59.3 Å². The van der Waals surface area contributed by atoms with Gasteiger partial charge in [-0.05, 0) is 59.7 Å². The molecule has 0 radical (unpaired) electrons. The number of ether oxygens (including phenoxy) is 1. The number of aliphatic imine (C=N–C) groups is 1. The minimum atomic E-state index is -1.14. The number of aryl methyl sites for hydroxylation is 1. The molecular weight excluding hydrogens is 481 g/mol. The lowest BCUT2D eigenvalue weighted by Crippen LogP contribution is -2.44. The van der Waals surface area contributed by atoms with E-state index in [9.17, 15) is 5.11 Å². The van der Waals surface area contributed by atoms with Crippen molar-refractivity contribution in [3.63, 3.8) is 0 Å². The summed E-state index contributed by atoms with van der Waals surface area (Å²) in [7, 11) is 0. The van der Waals surface area contributed by atoms with E-state index >= 15 is 0 Å². The Bertz CT molecular complexity index is 795. The molecule has 0 saturated heterocycles. The highest BCUT2D eigenvalue weighted by atomic mass is 127. The van der Waals surface area contributed by atoms with E-state index in [-0.39, 0.29) is 36.1 Å². The highest BCUT2D eigenvalue weighted by Crippen LogP contribution is 2.24. The Kier molecular flexibility index (Phi) is 9.48. The minimum absolute atomic E-state index is 0. The summed E-state index contributed by atoms with van der Waals surface area (Å²) in [6, 6.07) is 11.5. The molecule has 0 spiro atoms. The van der Waals surface area contributed by atoms with Crippen LogP contribution in [0.15, 0.2) is 45.8 Å². The lowest BCUT2D eigenvalue weighted by atomic mass is 10.0. The fourth-order valence-electron chi connectivity index (χ4n) is 2.64. The molecule has 162 valence electrons. The number of halogens is 1. The average Bonchev–Trinajstić information content (AvgIpc) is 3.05. The van der Waals surface area contributed by atoms with Crippen molar-refractivity contribution in [3.8, 4) is 5.75 Å². The summed E-state index contributed by atoms with van der Waals surface area (Å²) in [6.07, 6.45) is 0. The highest BCUT2D eigenvalue weighted by Gasteiger charge is 2.27. The molecule has 0 amide bonds. The van der Waals surface area contributed by atoms with Crippen LogP contribution in [0.5, 0.6) is 5.75 Å². The first-order valence-corrected chi connectivity index (χ1v) is 9.69. The number of rotatable bonds is 7. The standard InChI is InChI=1S/C22H33N3O3.HI/c1-7-23-20(25-15-22(6,26)19-13-12-16(2)27-19)24-14-17-10-8-9-11-18(17)28-21(3,4)5;/h8-13,26H,7,14-15H2,1-6H3,(H2,23,24,25);1H. The van der Waals surface area contributed by atoms with Gasteiger partial charge >= 0.3 is 0 Å². The first kappa shape index (κ1) is 25.3. The van der Waals surface area contributed by atoms with Crippen LogP contribution in [0.1, 0.15) is 51.7 Å². The SMILES string of the molecule is CCNC(=NCc1ccccc1OC(C)(C)C)NCC(C)(O)c1ccc(C)o1.I. The summed E-state index contributed by atoms with van der Waals surface area (Å²) >= 11 is 0. The quantitative estimate of drug-likeness (QED) is 0.291. The second kappa shape index (κ2) is 10.9. The Morgan fingerprint density at radius 1 is 1.10 bits per heavy atom. The second-order valence-corrected chi connectivity index (χ2v) is 8.06. The molecule has 0 fully saturated rings. The molecule has 29 heavy (non-hydrogen) atoms. The molecule has 7 heteroatoms. The number of benzene rings is 1. The maximum absolute atomic E-state index is 10.7. The molecule has 0 saturated carbocycles. The fourth-order valence-corrected chi connectivity index (χ4v) is 2.64. The number of nitrogens with one attached hydrogen (secondary N) is 2. The lowest BCUT2D eigenvalue weighted by molar-refractivity contribution is 0.0378. The van der Waals surface area contributed by atoms with Crippen molar-refractivity contribution in [2.24, 2.45) is 4.99 Å². The van der Waals surface area contributed by atoms with Crippen molar-refractivity contribution in [1.29, 1.82) is 0 Å². The van der Waals surface area contributed by atoms with Crippen molar-refractivity contribution in [1.82, 2.24) is 10.6 Å². The van der Waals surface area contributed by atoms with E-state index < -0.39 is 5.60 Å². The van der Waals surface area contributed by atoms with Gasteiger partial charge in [-0.1, -0.05) is 18.2 Å². The number of hydrogen-bond acceptors (Lipinski definition) is 4. The Morgan fingerprint density at radius 3 is 2.38 bits per heavy atom. The number of hydrogen-bond donors (Lipinski definition) is 3. The van der Waals surface area contributed by atoms with Crippen LogP contribution in [0.3, 0.4) is 0 Å². The third-order valence-electron chi connectivity index (χ3n) is 4.01. The Labute approximate surface area is 191 Å². The number of guanidine groups is 1. The average molecular weight is 515 g/mol. The van der Waals surface area contributed by atoms with Gasteiger partial charge < -0.3 is 24.9 Å². The molecule has 3 N–H and O–H groups in total. The zero-order valence-electron chi connectivity index (χ0n) is 18.2. The minimum Gasteiger partial charge on any atom is -0.488 e. The molecule has 0 aliphatic rings. The Morgan fingerprint density at radius 2 is 1.79 bits per heavy atom. The molecule has 1 unspecified atom stereocenters. The van der Waals surface area contributed by atoms with Gasteiger partial charge in [0.2, 0.25) is 0 Å².